The predicted octanol–water partition coefficient (Wildman–Crippen LogP) is 3.55. The number of anilines is 1. The van der Waals surface area contributed by atoms with Gasteiger partial charge < -0.3 is 5.32 Å². The summed E-state index contributed by atoms with van der Waals surface area (Å²) in [5.41, 5.74) is -0.0956. The van der Waals surface area contributed by atoms with Crippen molar-refractivity contribution in [2.24, 2.45) is 5.41 Å². The van der Waals surface area contributed by atoms with Crippen LogP contribution < -0.4 is 5.32 Å². The van der Waals surface area contributed by atoms with Crippen LogP contribution >= 0.6 is 0 Å². The first kappa shape index (κ1) is 13.5. The van der Waals surface area contributed by atoms with Crippen molar-refractivity contribution in [1.29, 1.82) is 5.26 Å². The van der Waals surface area contributed by atoms with E-state index < -0.39 is 5.41 Å². The van der Waals surface area contributed by atoms with Crippen LogP contribution in [0.1, 0.15) is 37.7 Å². The summed E-state index contributed by atoms with van der Waals surface area (Å²) in [4.78, 5) is 12.3. The second kappa shape index (κ2) is 5.40. The van der Waals surface area contributed by atoms with Gasteiger partial charge in [-0.15, -0.1) is 0 Å². The van der Waals surface area contributed by atoms with E-state index in [1.54, 1.807) is 19.1 Å². The van der Waals surface area contributed by atoms with E-state index in [0.717, 1.165) is 19.3 Å². The van der Waals surface area contributed by atoms with Crippen LogP contribution in [-0.4, -0.2) is 5.91 Å². The number of carbonyl (C=O) groups excluding carboxylic acids is 1. The molecule has 0 unspecified atom stereocenters. The van der Waals surface area contributed by atoms with Gasteiger partial charge in [0.1, 0.15) is 11.2 Å². The fourth-order valence-electron chi connectivity index (χ4n) is 2.53. The molecule has 1 saturated carbocycles. The Kier molecular flexibility index (Phi) is 3.84. The number of nitrogens with zero attached hydrogens (tertiary/aromatic N) is 1. The molecular formula is C15H17FN2O. The molecule has 0 spiro atoms. The molecule has 19 heavy (non-hydrogen) atoms. The Morgan fingerprint density at radius 3 is 2.68 bits per heavy atom. The molecule has 1 N–H and O–H groups in total. The molecule has 4 heteroatoms. The van der Waals surface area contributed by atoms with Gasteiger partial charge in [-0.25, -0.2) is 4.39 Å². The molecule has 1 aliphatic carbocycles. The zero-order chi connectivity index (χ0) is 13.9. The Bertz CT molecular complexity index is 527. The number of benzene rings is 1. The third kappa shape index (κ3) is 2.60. The molecule has 0 radical (unpaired) electrons. The standard InChI is InChI=1S/C15H17FN2O/c1-11-12(16)6-5-7-13(11)18-14(19)15(10-17)8-3-2-4-9-15/h5-7H,2-4,8-9H2,1H3,(H,18,19). The van der Waals surface area contributed by atoms with Crippen molar-refractivity contribution in [3.05, 3.63) is 29.6 Å². The molecule has 2 rings (SSSR count). The molecular weight excluding hydrogens is 243 g/mol. The molecule has 0 bridgehead atoms. The second-order valence-electron chi connectivity index (χ2n) is 5.12. The summed E-state index contributed by atoms with van der Waals surface area (Å²) in [6.07, 6.45) is 4.02. The van der Waals surface area contributed by atoms with Crippen molar-refractivity contribution in [2.45, 2.75) is 39.0 Å². The third-order valence-electron chi connectivity index (χ3n) is 3.87. The summed E-state index contributed by atoms with van der Waals surface area (Å²) in [6, 6.07) is 6.73. The van der Waals surface area contributed by atoms with Gasteiger partial charge in [-0.3, -0.25) is 4.79 Å². The van der Waals surface area contributed by atoms with Gasteiger partial charge in [-0.05, 0) is 31.9 Å². The first-order valence-corrected chi connectivity index (χ1v) is 6.57. The summed E-state index contributed by atoms with van der Waals surface area (Å²) in [6.45, 7) is 1.62. The minimum Gasteiger partial charge on any atom is -0.324 e. The van der Waals surface area contributed by atoms with Crippen LogP contribution in [0, 0.1) is 29.5 Å². The van der Waals surface area contributed by atoms with Crippen molar-refractivity contribution in [1.82, 2.24) is 0 Å². The number of nitrogens with one attached hydrogen (secondary N) is 1. The quantitative estimate of drug-likeness (QED) is 0.884. The first-order chi connectivity index (χ1) is 9.09. The van der Waals surface area contributed by atoms with Crippen LogP contribution in [0.5, 0.6) is 0 Å². The van der Waals surface area contributed by atoms with E-state index in [-0.39, 0.29) is 11.7 Å². The largest absolute Gasteiger partial charge is 0.324 e. The van der Waals surface area contributed by atoms with E-state index in [0.29, 0.717) is 24.1 Å². The highest BCUT2D eigenvalue weighted by molar-refractivity contribution is 5.97. The molecule has 1 aromatic rings. The van der Waals surface area contributed by atoms with Gasteiger partial charge in [0, 0.05) is 11.3 Å². The maximum Gasteiger partial charge on any atom is 0.244 e. The maximum absolute atomic E-state index is 13.4. The lowest BCUT2D eigenvalue weighted by Gasteiger charge is -2.29. The maximum atomic E-state index is 13.4. The van der Waals surface area contributed by atoms with E-state index in [1.165, 1.54) is 6.07 Å². The van der Waals surface area contributed by atoms with Crippen molar-refractivity contribution in [3.8, 4) is 6.07 Å². The SMILES string of the molecule is Cc1c(F)cccc1NC(=O)C1(C#N)CCCCC1. The predicted molar refractivity (Wildman–Crippen MR) is 70.9 cm³/mol. The van der Waals surface area contributed by atoms with Crippen molar-refractivity contribution in [2.75, 3.05) is 5.32 Å². The first-order valence-electron chi connectivity index (χ1n) is 6.57. The number of carbonyl (C=O) groups is 1. The van der Waals surface area contributed by atoms with Crippen molar-refractivity contribution in [3.63, 3.8) is 0 Å². The average molecular weight is 260 g/mol. The highest BCUT2D eigenvalue weighted by atomic mass is 19.1. The van der Waals surface area contributed by atoms with Crippen molar-refractivity contribution < 1.29 is 9.18 Å². The van der Waals surface area contributed by atoms with Gasteiger partial charge in [0.25, 0.3) is 0 Å². The molecule has 1 amide bonds. The molecule has 0 aliphatic heterocycles. The molecule has 0 aromatic heterocycles. The Balaban J connectivity index is 2.20. The Hall–Kier alpha value is -1.89. The van der Waals surface area contributed by atoms with Gasteiger partial charge in [0.05, 0.1) is 6.07 Å². The highest BCUT2D eigenvalue weighted by Gasteiger charge is 2.39. The molecule has 1 aliphatic rings. The van der Waals surface area contributed by atoms with Gasteiger partial charge in [-0.2, -0.15) is 5.26 Å². The molecule has 3 nitrogen and oxygen atoms in total. The zero-order valence-electron chi connectivity index (χ0n) is 11.0. The summed E-state index contributed by atoms with van der Waals surface area (Å²) in [5.74, 6) is -0.657. The Labute approximate surface area is 112 Å². The number of halogens is 1. The highest BCUT2D eigenvalue weighted by Crippen LogP contribution is 2.37. The molecule has 0 atom stereocenters. The van der Waals surface area contributed by atoms with Crippen LogP contribution in [-0.2, 0) is 4.79 Å². The van der Waals surface area contributed by atoms with E-state index in [1.807, 2.05) is 0 Å². The third-order valence-corrected chi connectivity index (χ3v) is 3.87. The zero-order valence-corrected chi connectivity index (χ0v) is 11.0. The van der Waals surface area contributed by atoms with E-state index in [9.17, 15) is 14.4 Å². The van der Waals surface area contributed by atoms with Crippen LogP contribution in [0.2, 0.25) is 0 Å². The molecule has 0 saturated heterocycles. The number of hydrogen-bond donors (Lipinski definition) is 1. The second-order valence-corrected chi connectivity index (χ2v) is 5.12. The van der Waals surface area contributed by atoms with Crippen LogP contribution in [0.3, 0.4) is 0 Å². The minimum atomic E-state index is -0.947. The summed E-state index contributed by atoms with van der Waals surface area (Å²) < 4.78 is 13.4. The van der Waals surface area contributed by atoms with Crippen LogP contribution in [0.15, 0.2) is 18.2 Å². The lowest BCUT2D eigenvalue weighted by atomic mass is 9.74. The lowest BCUT2D eigenvalue weighted by molar-refractivity contribution is -0.124. The fourth-order valence-corrected chi connectivity index (χ4v) is 2.53. The van der Waals surface area contributed by atoms with Crippen LogP contribution in [0.25, 0.3) is 0 Å². The van der Waals surface area contributed by atoms with Gasteiger partial charge in [0.15, 0.2) is 0 Å². The number of hydrogen-bond acceptors (Lipinski definition) is 2. The number of amides is 1. The average Bonchev–Trinajstić information content (AvgIpc) is 2.44. The summed E-state index contributed by atoms with van der Waals surface area (Å²) >= 11 is 0. The normalized spacial score (nSPS) is 17.5. The molecule has 100 valence electrons. The smallest absolute Gasteiger partial charge is 0.244 e. The molecule has 0 heterocycles. The Morgan fingerprint density at radius 2 is 2.05 bits per heavy atom. The van der Waals surface area contributed by atoms with E-state index >= 15 is 0 Å². The number of nitriles is 1. The van der Waals surface area contributed by atoms with E-state index in [4.69, 9.17) is 0 Å². The van der Waals surface area contributed by atoms with Gasteiger partial charge in [0.2, 0.25) is 5.91 Å². The molecule has 1 aromatic carbocycles. The monoisotopic (exact) mass is 260 g/mol. The summed E-state index contributed by atoms with van der Waals surface area (Å²) in [5, 5.41) is 12.0. The van der Waals surface area contributed by atoms with Gasteiger partial charge in [-0.1, -0.05) is 25.3 Å². The Morgan fingerprint density at radius 1 is 1.37 bits per heavy atom. The molecule has 1 fully saturated rings. The van der Waals surface area contributed by atoms with E-state index in [2.05, 4.69) is 11.4 Å². The lowest BCUT2D eigenvalue weighted by Crippen LogP contribution is -2.37. The van der Waals surface area contributed by atoms with Gasteiger partial charge >= 0.3 is 0 Å². The van der Waals surface area contributed by atoms with Crippen LogP contribution in [0.4, 0.5) is 10.1 Å². The van der Waals surface area contributed by atoms with Crippen molar-refractivity contribution >= 4 is 11.6 Å². The summed E-state index contributed by atoms with van der Waals surface area (Å²) in [7, 11) is 0. The topological polar surface area (TPSA) is 52.9 Å². The fraction of sp³-hybridized carbons (Fsp3) is 0.467. The minimum absolute atomic E-state index is 0.302. The number of rotatable bonds is 2.